The smallest absolute Gasteiger partial charge is 0.273 e. The summed E-state index contributed by atoms with van der Waals surface area (Å²) in [5, 5.41) is 0. The molecule has 1 aromatic carbocycles. The van der Waals surface area contributed by atoms with Crippen LogP contribution in [0.1, 0.15) is 29.0 Å². The summed E-state index contributed by atoms with van der Waals surface area (Å²) in [5.74, 6) is 0.571. The number of ether oxygens (including phenoxy) is 1. The molecule has 0 bridgehead atoms. The third kappa shape index (κ3) is 3.47. The van der Waals surface area contributed by atoms with Crippen LogP contribution >= 0.6 is 0 Å². The van der Waals surface area contributed by atoms with Crippen molar-refractivity contribution >= 4 is 11.8 Å². The molecule has 0 N–H and O–H groups in total. The van der Waals surface area contributed by atoms with Crippen molar-refractivity contribution in [1.29, 1.82) is 0 Å². The maximum Gasteiger partial charge on any atom is 0.273 e. The lowest BCUT2D eigenvalue weighted by molar-refractivity contribution is -0.131. The molecule has 0 saturated carbocycles. The molecule has 1 aliphatic rings. The number of nitrogens with zero attached hydrogens (tertiary/aromatic N) is 3. The number of carbonyl (C=O) groups is 2. The highest BCUT2D eigenvalue weighted by atomic mass is 16.5. The van der Waals surface area contributed by atoms with Gasteiger partial charge in [0.1, 0.15) is 11.4 Å². The van der Waals surface area contributed by atoms with Gasteiger partial charge in [0.2, 0.25) is 5.91 Å². The average molecular weight is 339 g/mol. The molecule has 6 nitrogen and oxygen atoms in total. The van der Waals surface area contributed by atoms with Crippen molar-refractivity contribution in [2.75, 3.05) is 26.7 Å². The van der Waals surface area contributed by atoms with Gasteiger partial charge in [-0.25, -0.2) is 0 Å². The summed E-state index contributed by atoms with van der Waals surface area (Å²) < 4.78 is 5.47. The van der Waals surface area contributed by atoms with Crippen LogP contribution in [-0.4, -0.2) is 53.3 Å². The number of methoxy groups -OCH3 is 1. The lowest BCUT2D eigenvalue weighted by Gasteiger charge is -2.41. The van der Waals surface area contributed by atoms with Gasteiger partial charge in [0.15, 0.2) is 0 Å². The van der Waals surface area contributed by atoms with Crippen LogP contribution in [0.4, 0.5) is 0 Å². The molecule has 0 aliphatic carbocycles. The van der Waals surface area contributed by atoms with E-state index >= 15 is 0 Å². The van der Waals surface area contributed by atoms with Crippen LogP contribution in [0.25, 0.3) is 0 Å². The Morgan fingerprint density at radius 3 is 2.56 bits per heavy atom. The molecule has 6 heteroatoms. The SMILES string of the molecule is COc1ccccc1[C@H]1CN(C(C)=O)CCN1C(=O)c1ccccn1. The van der Waals surface area contributed by atoms with E-state index in [-0.39, 0.29) is 17.9 Å². The van der Waals surface area contributed by atoms with Crippen LogP contribution < -0.4 is 4.74 Å². The minimum Gasteiger partial charge on any atom is -0.496 e. The van der Waals surface area contributed by atoms with E-state index in [0.29, 0.717) is 31.1 Å². The monoisotopic (exact) mass is 339 g/mol. The Hall–Kier alpha value is -2.89. The van der Waals surface area contributed by atoms with E-state index in [1.165, 1.54) is 0 Å². The fourth-order valence-electron chi connectivity index (χ4n) is 3.16. The molecular weight excluding hydrogens is 318 g/mol. The summed E-state index contributed by atoms with van der Waals surface area (Å²) in [4.78, 5) is 32.6. The highest BCUT2D eigenvalue weighted by Gasteiger charge is 2.34. The molecule has 1 aliphatic heterocycles. The maximum absolute atomic E-state index is 13.0. The van der Waals surface area contributed by atoms with E-state index in [9.17, 15) is 9.59 Å². The van der Waals surface area contributed by atoms with Gasteiger partial charge in [0.25, 0.3) is 5.91 Å². The van der Waals surface area contributed by atoms with Gasteiger partial charge in [-0.15, -0.1) is 0 Å². The topological polar surface area (TPSA) is 62.7 Å². The first-order chi connectivity index (χ1) is 12.1. The van der Waals surface area contributed by atoms with Gasteiger partial charge in [-0.2, -0.15) is 0 Å². The Kier molecular flexibility index (Phi) is 4.97. The number of piperazine rings is 1. The van der Waals surface area contributed by atoms with Gasteiger partial charge in [-0.3, -0.25) is 14.6 Å². The number of hydrogen-bond acceptors (Lipinski definition) is 4. The Balaban J connectivity index is 1.98. The van der Waals surface area contributed by atoms with Gasteiger partial charge >= 0.3 is 0 Å². The van der Waals surface area contributed by atoms with Crippen molar-refractivity contribution in [2.45, 2.75) is 13.0 Å². The van der Waals surface area contributed by atoms with Crippen LogP contribution in [0, 0.1) is 0 Å². The summed E-state index contributed by atoms with van der Waals surface area (Å²) in [5.41, 5.74) is 1.29. The minimum absolute atomic E-state index is 0.00448. The molecule has 3 rings (SSSR count). The number of rotatable bonds is 3. The molecule has 1 atom stereocenters. The van der Waals surface area contributed by atoms with Crippen molar-refractivity contribution in [3.63, 3.8) is 0 Å². The summed E-state index contributed by atoms with van der Waals surface area (Å²) in [6.45, 7) is 2.96. The third-order valence-corrected chi connectivity index (χ3v) is 4.47. The number of para-hydroxylation sites is 1. The highest BCUT2D eigenvalue weighted by molar-refractivity contribution is 5.92. The van der Waals surface area contributed by atoms with Crippen LogP contribution in [0.2, 0.25) is 0 Å². The van der Waals surface area contributed by atoms with E-state index < -0.39 is 0 Å². The zero-order chi connectivity index (χ0) is 17.8. The number of pyridine rings is 1. The molecular formula is C19H21N3O3. The second kappa shape index (κ2) is 7.34. The van der Waals surface area contributed by atoms with E-state index in [4.69, 9.17) is 4.74 Å². The number of carbonyl (C=O) groups excluding carboxylic acids is 2. The standard InChI is InChI=1S/C19H21N3O3/c1-14(23)21-11-12-22(19(24)16-8-5-6-10-20-16)17(13-21)15-7-3-4-9-18(15)25-2/h3-10,17H,11-13H2,1-2H3/t17-/m1/s1. The first kappa shape index (κ1) is 17.0. The predicted octanol–water partition coefficient (Wildman–Crippen LogP) is 2.14. The van der Waals surface area contributed by atoms with Crippen molar-refractivity contribution in [3.05, 3.63) is 59.9 Å². The first-order valence-corrected chi connectivity index (χ1v) is 8.22. The Labute approximate surface area is 147 Å². The van der Waals surface area contributed by atoms with Crippen LogP contribution in [0.15, 0.2) is 48.7 Å². The average Bonchev–Trinajstić information content (AvgIpc) is 2.67. The number of aromatic nitrogens is 1. The first-order valence-electron chi connectivity index (χ1n) is 8.22. The molecule has 25 heavy (non-hydrogen) atoms. The van der Waals surface area contributed by atoms with Crippen molar-refractivity contribution in [3.8, 4) is 5.75 Å². The van der Waals surface area contributed by atoms with Crippen molar-refractivity contribution < 1.29 is 14.3 Å². The van der Waals surface area contributed by atoms with Crippen LogP contribution in [-0.2, 0) is 4.79 Å². The van der Waals surface area contributed by atoms with Gasteiger partial charge in [-0.05, 0) is 18.2 Å². The molecule has 0 unspecified atom stereocenters. The lowest BCUT2D eigenvalue weighted by Crippen LogP contribution is -2.52. The molecule has 1 saturated heterocycles. The molecule has 1 fully saturated rings. The fraction of sp³-hybridized carbons (Fsp3) is 0.316. The number of benzene rings is 1. The van der Waals surface area contributed by atoms with E-state index in [2.05, 4.69) is 4.98 Å². The normalized spacial score (nSPS) is 17.3. The summed E-state index contributed by atoms with van der Waals surface area (Å²) in [6, 6.07) is 12.6. The fourth-order valence-corrected chi connectivity index (χ4v) is 3.16. The number of hydrogen-bond donors (Lipinski definition) is 0. The predicted molar refractivity (Wildman–Crippen MR) is 93.3 cm³/mol. The molecule has 130 valence electrons. The zero-order valence-corrected chi connectivity index (χ0v) is 14.4. The highest BCUT2D eigenvalue weighted by Crippen LogP contribution is 2.33. The lowest BCUT2D eigenvalue weighted by atomic mass is 10.0. The molecule has 1 aromatic heterocycles. The van der Waals surface area contributed by atoms with Gasteiger partial charge < -0.3 is 14.5 Å². The molecule has 2 heterocycles. The van der Waals surface area contributed by atoms with E-state index in [1.807, 2.05) is 24.3 Å². The van der Waals surface area contributed by atoms with Crippen LogP contribution in [0.5, 0.6) is 5.75 Å². The van der Waals surface area contributed by atoms with Crippen LogP contribution in [0.3, 0.4) is 0 Å². The van der Waals surface area contributed by atoms with E-state index in [0.717, 1.165) is 5.56 Å². The summed E-state index contributed by atoms with van der Waals surface area (Å²) in [7, 11) is 1.61. The summed E-state index contributed by atoms with van der Waals surface area (Å²) in [6.07, 6.45) is 1.61. The molecule has 2 aromatic rings. The third-order valence-electron chi connectivity index (χ3n) is 4.47. The number of amides is 2. The Bertz CT molecular complexity index is 764. The summed E-state index contributed by atoms with van der Waals surface area (Å²) >= 11 is 0. The quantitative estimate of drug-likeness (QED) is 0.859. The Morgan fingerprint density at radius 2 is 1.88 bits per heavy atom. The van der Waals surface area contributed by atoms with E-state index in [1.54, 1.807) is 48.2 Å². The van der Waals surface area contributed by atoms with Gasteiger partial charge in [0.05, 0.1) is 13.2 Å². The largest absolute Gasteiger partial charge is 0.496 e. The van der Waals surface area contributed by atoms with Crippen molar-refractivity contribution in [1.82, 2.24) is 14.8 Å². The second-order valence-corrected chi connectivity index (χ2v) is 5.94. The maximum atomic E-state index is 13.0. The Morgan fingerprint density at radius 1 is 1.12 bits per heavy atom. The van der Waals surface area contributed by atoms with Gasteiger partial charge in [0, 0.05) is 38.3 Å². The van der Waals surface area contributed by atoms with Crippen molar-refractivity contribution in [2.24, 2.45) is 0 Å². The molecule has 0 spiro atoms. The zero-order valence-electron chi connectivity index (χ0n) is 14.4. The minimum atomic E-state index is -0.275. The molecule has 0 radical (unpaired) electrons. The van der Waals surface area contributed by atoms with Gasteiger partial charge in [-0.1, -0.05) is 24.3 Å². The second-order valence-electron chi connectivity index (χ2n) is 5.94. The molecule has 2 amide bonds.